The van der Waals surface area contributed by atoms with E-state index in [0.717, 1.165) is 12.7 Å². The van der Waals surface area contributed by atoms with Gasteiger partial charge in [-0.25, -0.2) is 4.79 Å². The molecule has 9 nitrogen and oxygen atoms in total. The number of hydrogen-bond donors (Lipinski definition) is 1. The number of ether oxygens (including phenoxy) is 4. The number of carbonyl (C=O) groups is 1. The molecule has 0 aromatic heterocycles. The van der Waals surface area contributed by atoms with Gasteiger partial charge in [0, 0.05) is 33.4 Å². The van der Waals surface area contributed by atoms with E-state index < -0.39 is 14.8 Å². The predicted octanol–water partition coefficient (Wildman–Crippen LogP) is 0.103. The lowest BCUT2D eigenvalue weighted by molar-refractivity contribution is -0.137. The zero-order valence-electron chi connectivity index (χ0n) is 15.0. The molecule has 0 bridgehead atoms. The highest BCUT2D eigenvalue weighted by molar-refractivity contribution is 6.60. The van der Waals surface area contributed by atoms with Crippen molar-refractivity contribution in [2.75, 3.05) is 47.8 Å². The second-order valence-electron chi connectivity index (χ2n) is 5.28. The summed E-state index contributed by atoms with van der Waals surface area (Å²) in [5.41, 5.74) is 0. The van der Waals surface area contributed by atoms with Gasteiger partial charge in [-0.3, -0.25) is 0 Å². The van der Waals surface area contributed by atoms with E-state index in [-0.39, 0.29) is 25.1 Å². The zero-order chi connectivity index (χ0) is 18.7. The van der Waals surface area contributed by atoms with Gasteiger partial charge in [-0.15, -0.1) is 0 Å². The van der Waals surface area contributed by atoms with E-state index in [9.17, 15) is 4.79 Å². The molecule has 0 amide bonds. The van der Waals surface area contributed by atoms with Crippen molar-refractivity contribution in [3.05, 3.63) is 12.7 Å². The average Bonchev–Trinajstić information content (AvgIpc) is 3.56. The van der Waals surface area contributed by atoms with Crippen LogP contribution in [0.15, 0.2) is 12.7 Å². The van der Waals surface area contributed by atoms with Gasteiger partial charge in [0.2, 0.25) is 0 Å². The zero-order valence-corrected chi connectivity index (χ0v) is 16.0. The standard InChI is InChI=1S/C9H18O5Si.C6H10O4/c1-5-9(10)14-7-6-8-15(11-2,12-3)13-4;7-1-5-6(10-5)9-3-4-2-8-4/h5H,1,6-8H2,2-4H3;4-7H,1-3H2. The number of aliphatic hydroxyl groups is 1. The van der Waals surface area contributed by atoms with Crippen molar-refractivity contribution in [3.63, 3.8) is 0 Å². The molecule has 2 aliphatic rings. The number of hydrogen-bond acceptors (Lipinski definition) is 9. The van der Waals surface area contributed by atoms with E-state index in [4.69, 9.17) is 37.3 Å². The first kappa shape index (κ1) is 22.2. The highest BCUT2D eigenvalue weighted by Gasteiger charge is 2.40. The fourth-order valence-electron chi connectivity index (χ4n) is 1.85. The topological polar surface area (TPSA) is 109 Å². The van der Waals surface area contributed by atoms with Crippen LogP contribution in [-0.4, -0.2) is 86.1 Å². The smallest absolute Gasteiger partial charge is 0.463 e. The maximum absolute atomic E-state index is 10.7. The minimum absolute atomic E-state index is 0.0518. The molecular formula is C15H28O9Si. The van der Waals surface area contributed by atoms with Crippen LogP contribution in [0.3, 0.4) is 0 Å². The van der Waals surface area contributed by atoms with Gasteiger partial charge in [0.1, 0.15) is 12.2 Å². The van der Waals surface area contributed by atoms with E-state index in [2.05, 4.69) is 6.58 Å². The molecule has 0 spiro atoms. The van der Waals surface area contributed by atoms with Crippen LogP contribution in [-0.2, 0) is 37.0 Å². The Bertz CT molecular complexity index is 390. The maximum Gasteiger partial charge on any atom is 0.500 e. The lowest BCUT2D eigenvalue weighted by atomic mass is 10.5. The maximum atomic E-state index is 10.7. The summed E-state index contributed by atoms with van der Waals surface area (Å²) in [5, 5.41) is 8.52. The molecule has 2 heterocycles. The lowest BCUT2D eigenvalue weighted by Gasteiger charge is -2.23. The molecule has 3 atom stereocenters. The van der Waals surface area contributed by atoms with Gasteiger partial charge in [0.05, 0.1) is 26.4 Å². The van der Waals surface area contributed by atoms with Crippen LogP contribution in [0.4, 0.5) is 0 Å². The van der Waals surface area contributed by atoms with Crippen molar-refractivity contribution in [2.45, 2.75) is 31.0 Å². The molecule has 2 saturated heterocycles. The summed E-state index contributed by atoms with van der Waals surface area (Å²) in [5.74, 6) is -0.422. The second kappa shape index (κ2) is 11.7. The molecule has 1 N–H and O–H groups in total. The van der Waals surface area contributed by atoms with Crippen molar-refractivity contribution in [2.24, 2.45) is 0 Å². The van der Waals surface area contributed by atoms with E-state index in [0.29, 0.717) is 25.7 Å². The molecule has 0 radical (unpaired) electrons. The third-order valence-corrected chi connectivity index (χ3v) is 6.37. The largest absolute Gasteiger partial charge is 0.500 e. The normalized spacial score (nSPS) is 24.1. The summed E-state index contributed by atoms with van der Waals surface area (Å²) in [4.78, 5) is 10.7. The summed E-state index contributed by atoms with van der Waals surface area (Å²) in [6.45, 7) is 5.06. The summed E-state index contributed by atoms with van der Waals surface area (Å²) in [6.07, 6.45) is 1.80. The molecule has 3 unspecified atom stereocenters. The Morgan fingerprint density at radius 2 is 1.96 bits per heavy atom. The number of epoxide rings is 2. The first-order valence-electron chi connectivity index (χ1n) is 7.98. The van der Waals surface area contributed by atoms with Crippen molar-refractivity contribution >= 4 is 14.8 Å². The molecule has 2 rings (SSSR count). The molecule has 0 aromatic carbocycles. The van der Waals surface area contributed by atoms with Crippen molar-refractivity contribution in [1.29, 1.82) is 0 Å². The molecule has 10 heteroatoms. The van der Waals surface area contributed by atoms with Gasteiger partial charge in [-0.2, -0.15) is 0 Å². The van der Waals surface area contributed by atoms with Crippen molar-refractivity contribution < 1.29 is 42.1 Å². The molecular weight excluding hydrogens is 352 g/mol. The molecule has 2 fully saturated rings. The molecule has 25 heavy (non-hydrogen) atoms. The van der Waals surface area contributed by atoms with Gasteiger partial charge in [0.25, 0.3) is 0 Å². The summed E-state index contributed by atoms with van der Waals surface area (Å²) < 4.78 is 35.4. The lowest BCUT2D eigenvalue weighted by Crippen LogP contribution is -2.42. The number of esters is 1. The van der Waals surface area contributed by atoms with Gasteiger partial charge < -0.3 is 37.3 Å². The third-order valence-electron chi connectivity index (χ3n) is 3.54. The van der Waals surface area contributed by atoms with Gasteiger partial charge in [-0.1, -0.05) is 6.58 Å². The van der Waals surface area contributed by atoms with Crippen molar-refractivity contribution in [3.8, 4) is 0 Å². The Hall–Kier alpha value is -0.853. The highest BCUT2D eigenvalue weighted by Crippen LogP contribution is 2.23. The van der Waals surface area contributed by atoms with Crippen LogP contribution >= 0.6 is 0 Å². The van der Waals surface area contributed by atoms with E-state index >= 15 is 0 Å². The minimum Gasteiger partial charge on any atom is -0.463 e. The van der Waals surface area contributed by atoms with Crippen LogP contribution in [0.2, 0.25) is 6.04 Å². The van der Waals surface area contributed by atoms with E-state index in [1.54, 1.807) is 21.3 Å². The molecule has 146 valence electrons. The van der Waals surface area contributed by atoms with Gasteiger partial charge >= 0.3 is 14.8 Å². The van der Waals surface area contributed by atoms with Gasteiger partial charge in [0.15, 0.2) is 6.29 Å². The van der Waals surface area contributed by atoms with Crippen LogP contribution in [0, 0.1) is 0 Å². The summed E-state index contributed by atoms with van der Waals surface area (Å²) >= 11 is 0. The van der Waals surface area contributed by atoms with Crippen molar-refractivity contribution in [1.82, 2.24) is 0 Å². The fourth-order valence-corrected chi connectivity index (χ4v) is 3.54. The highest BCUT2D eigenvalue weighted by atomic mass is 28.4. The number of aliphatic hydroxyl groups excluding tert-OH is 1. The quantitative estimate of drug-likeness (QED) is 0.166. The van der Waals surface area contributed by atoms with E-state index in [1.165, 1.54) is 0 Å². The fraction of sp³-hybridized carbons (Fsp3) is 0.800. The Balaban J connectivity index is 0.000000267. The number of carbonyl (C=O) groups excluding carboxylic acids is 1. The first-order valence-corrected chi connectivity index (χ1v) is 9.91. The van der Waals surface area contributed by atoms with Crippen LogP contribution in [0.1, 0.15) is 6.42 Å². The molecule has 0 saturated carbocycles. The first-order chi connectivity index (χ1) is 12.0. The summed E-state index contributed by atoms with van der Waals surface area (Å²) in [6, 6.07) is 0.612. The Kier molecular flexibility index (Phi) is 10.4. The molecule has 2 aliphatic heterocycles. The average molecular weight is 380 g/mol. The minimum atomic E-state index is -2.52. The Morgan fingerprint density at radius 3 is 2.40 bits per heavy atom. The SMILES string of the molecule is C=CC(=O)OCCC[Si](OC)(OC)OC.OCC1OC1OCC1CO1. The Labute approximate surface area is 149 Å². The molecule has 0 aliphatic carbocycles. The third kappa shape index (κ3) is 8.88. The predicted molar refractivity (Wildman–Crippen MR) is 88.8 cm³/mol. The van der Waals surface area contributed by atoms with Crippen LogP contribution in [0.5, 0.6) is 0 Å². The van der Waals surface area contributed by atoms with Gasteiger partial charge in [-0.05, 0) is 6.42 Å². The number of rotatable bonds is 12. The summed E-state index contributed by atoms with van der Waals surface area (Å²) in [7, 11) is 2.13. The second-order valence-corrected chi connectivity index (χ2v) is 8.38. The molecule has 0 aromatic rings. The van der Waals surface area contributed by atoms with E-state index in [1.807, 2.05) is 0 Å². The Morgan fingerprint density at radius 1 is 1.32 bits per heavy atom. The van der Waals surface area contributed by atoms with Crippen LogP contribution in [0.25, 0.3) is 0 Å². The monoisotopic (exact) mass is 380 g/mol. The van der Waals surface area contributed by atoms with Crippen LogP contribution < -0.4 is 0 Å².